The maximum atomic E-state index is 12.3. The zero-order chi connectivity index (χ0) is 18.4. The lowest BCUT2D eigenvalue weighted by atomic mass is 10.1. The Hall–Kier alpha value is -3.41. The standard InChI is InChI=1S/C20H21N5O/c1-25(2)19-9-5-6-16(23-19)14-22-20(26)24-18-8-4-3-7-17(18)15-10-12-21-13-11-15/h3-13H,14H2,1-2H3,(H2,22,24,26). The van der Waals surface area contributed by atoms with Gasteiger partial charge in [0.05, 0.1) is 17.9 Å². The third kappa shape index (κ3) is 4.36. The minimum Gasteiger partial charge on any atom is -0.363 e. The first kappa shape index (κ1) is 17.4. The van der Waals surface area contributed by atoms with Crippen LogP contribution in [0.2, 0.25) is 0 Å². The Morgan fingerprint density at radius 3 is 2.54 bits per heavy atom. The number of carbonyl (C=O) groups is 1. The van der Waals surface area contributed by atoms with Gasteiger partial charge >= 0.3 is 6.03 Å². The van der Waals surface area contributed by atoms with Gasteiger partial charge in [-0.05, 0) is 35.9 Å². The largest absolute Gasteiger partial charge is 0.363 e. The van der Waals surface area contributed by atoms with E-state index in [4.69, 9.17) is 0 Å². The summed E-state index contributed by atoms with van der Waals surface area (Å²) in [5, 5.41) is 5.76. The molecule has 0 aliphatic rings. The zero-order valence-corrected chi connectivity index (χ0v) is 14.8. The smallest absolute Gasteiger partial charge is 0.319 e. The highest BCUT2D eigenvalue weighted by Crippen LogP contribution is 2.27. The van der Waals surface area contributed by atoms with E-state index in [0.717, 1.165) is 28.3 Å². The average Bonchev–Trinajstić information content (AvgIpc) is 2.68. The van der Waals surface area contributed by atoms with Gasteiger partial charge in [0.1, 0.15) is 5.82 Å². The molecule has 3 rings (SSSR count). The molecule has 26 heavy (non-hydrogen) atoms. The van der Waals surface area contributed by atoms with E-state index in [1.807, 2.05) is 73.6 Å². The van der Waals surface area contributed by atoms with E-state index in [1.54, 1.807) is 12.4 Å². The lowest BCUT2D eigenvalue weighted by molar-refractivity contribution is 0.251. The first-order chi connectivity index (χ1) is 12.6. The molecule has 0 spiro atoms. The molecule has 0 atom stereocenters. The maximum Gasteiger partial charge on any atom is 0.319 e. The van der Waals surface area contributed by atoms with Gasteiger partial charge < -0.3 is 15.5 Å². The molecule has 1 aromatic carbocycles. The zero-order valence-electron chi connectivity index (χ0n) is 14.8. The van der Waals surface area contributed by atoms with Crippen molar-refractivity contribution in [3.8, 4) is 11.1 Å². The maximum absolute atomic E-state index is 12.3. The first-order valence-corrected chi connectivity index (χ1v) is 8.31. The summed E-state index contributed by atoms with van der Waals surface area (Å²) >= 11 is 0. The van der Waals surface area contributed by atoms with Crippen LogP contribution in [0.25, 0.3) is 11.1 Å². The number of rotatable bonds is 5. The van der Waals surface area contributed by atoms with Crippen LogP contribution >= 0.6 is 0 Å². The molecule has 0 saturated heterocycles. The summed E-state index contributed by atoms with van der Waals surface area (Å²) < 4.78 is 0. The fraction of sp³-hybridized carbons (Fsp3) is 0.150. The number of nitrogens with one attached hydrogen (secondary N) is 2. The lowest BCUT2D eigenvalue weighted by Crippen LogP contribution is -2.29. The summed E-state index contributed by atoms with van der Waals surface area (Å²) in [7, 11) is 3.87. The molecule has 0 unspecified atom stereocenters. The fourth-order valence-electron chi connectivity index (χ4n) is 2.53. The summed E-state index contributed by atoms with van der Waals surface area (Å²) in [4.78, 5) is 22.8. The van der Waals surface area contributed by atoms with E-state index >= 15 is 0 Å². The Labute approximate surface area is 152 Å². The monoisotopic (exact) mass is 347 g/mol. The number of hydrogen-bond acceptors (Lipinski definition) is 4. The second-order valence-corrected chi connectivity index (χ2v) is 5.97. The van der Waals surface area contributed by atoms with Crippen LogP contribution in [0.15, 0.2) is 67.0 Å². The van der Waals surface area contributed by atoms with Crippen molar-refractivity contribution in [2.45, 2.75) is 6.54 Å². The van der Waals surface area contributed by atoms with Crippen LogP contribution in [0.5, 0.6) is 0 Å². The highest BCUT2D eigenvalue weighted by Gasteiger charge is 2.08. The molecule has 0 fully saturated rings. The van der Waals surface area contributed by atoms with Crippen LogP contribution in [-0.2, 0) is 6.54 Å². The van der Waals surface area contributed by atoms with E-state index < -0.39 is 0 Å². The summed E-state index contributed by atoms with van der Waals surface area (Å²) in [6.07, 6.45) is 3.46. The van der Waals surface area contributed by atoms with E-state index in [2.05, 4.69) is 20.6 Å². The molecule has 0 aliphatic heterocycles. The molecule has 6 heteroatoms. The molecule has 3 aromatic rings. The lowest BCUT2D eigenvalue weighted by Gasteiger charge is -2.14. The Balaban J connectivity index is 1.67. The summed E-state index contributed by atoms with van der Waals surface area (Å²) in [6.45, 7) is 0.352. The van der Waals surface area contributed by atoms with Crippen molar-refractivity contribution in [2.75, 3.05) is 24.3 Å². The third-order valence-corrected chi connectivity index (χ3v) is 3.85. The second-order valence-electron chi connectivity index (χ2n) is 5.97. The van der Waals surface area contributed by atoms with Gasteiger partial charge in [-0.15, -0.1) is 0 Å². The van der Waals surface area contributed by atoms with Crippen LogP contribution < -0.4 is 15.5 Å². The van der Waals surface area contributed by atoms with Gasteiger partial charge in [-0.3, -0.25) is 4.98 Å². The molecule has 0 radical (unpaired) electrons. The second kappa shape index (κ2) is 8.11. The van der Waals surface area contributed by atoms with E-state index in [9.17, 15) is 4.79 Å². The Morgan fingerprint density at radius 1 is 1.00 bits per heavy atom. The molecular weight excluding hydrogens is 326 g/mol. The van der Waals surface area contributed by atoms with E-state index in [1.165, 1.54) is 0 Å². The topological polar surface area (TPSA) is 70.2 Å². The number of anilines is 2. The Morgan fingerprint density at radius 2 is 1.77 bits per heavy atom. The third-order valence-electron chi connectivity index (χ3n) is 3.85. The summed E-state index contributed by atoms with van der Waals surface area (Å²) in [6, 6.07) is 17.0. The minimum atomic E-state index is -0.274. The molecule has 2 heterocycles. The molecule has 2 N–H and O–H groups in total. The van der Waals surface area contributed by atoms with Crippen LogP contribution in [0, 0.1) is 0 Å². The minimum absolute atomic E-state index is 0.274. The van der Waals surface area contributed by atoms with Crippen molar-refractivity contribution < 1.29 is 4.79 Å². The number of pyridine rings is 2. The van der Waals surface area contributed by atoms with Crippen LogP contribution in [-0.4, -0.2) is 30.1 Å². The first-order valence-electron chi connectivity index (χ1n) is 8.31. The van der Waals surface area contributed by atoms with Crippen LogP contribution in [0.1, 0.15) is 5.69 Å². The Kier molecular flexibility index (Phi) is 5.43. The number of amides is 2. The van der Waals surface area contributed by atoms with E-state index in [0.29, 0.717) is 6.54 Å². The summed E-state index contributed by atoms with van der Waals surface area (Å²) in [5.74, 6) is 0.854. The van der Waals surface area contributed by atoms with Gasteiger partial charge in [0.2, 0.25) is 0 Å². The number of urea groups is 1. The molecule has 132 valence electrons. The molecule has 2 amide bonds. The van der Waals surface area contributed by atoms with Crippen molar-refractivity contribution in [3.05, 3.63) is 72.7 Å². The van der Waals surface area contributed by atoms with Gasteiger partial charge in [-0.25, -0.2) is 9.78 Å². The highest BCUT2D eigenvalue weighted by atomic mass is 16.2. The summed E-state index contributed by atoms with van der Waals surface area (Å²) in [5.41, 5.74) is 3.48. The van der Waals surface area contributed by atoms with Crippen molar-refractivity contribution in [2.24, 2.45) is 0 Å². The van der Waals surface area contributed by atoms with Crippen molar-refractivity contribution >= 4 is 17.5 Å². The van der Waals surface area contributed by atoms with Gasteiger partial charge in [0.25, 0.3) is 0 Å². The van der Waals surface area contributed by atoms with Gasteiger partial charge in [0.15, 0.2) is 0 Å². The van der Waals surface area contributed by atoms with Crippen molar-refractivity contribution in [1.29, 1.82) is 0 Å². The molecule has 0 aliphatic carbocycles. The SMILES string of the molecule is CN(C)c1cccc(CNC(=O)Nc2ccccc2-c2ccncc2)n1. The quantitative estimate of drug-likeness (QED) is 0.741. The molecule has 6 nitrogen and oxygen atoms in total. The number of hydrogen-bond donors (Lipinski definition) is 2. The number of carbonyl (C=O) groups excluding carboxylic acids is 1. The Bertz CT molecular complexity index is 880. The predicted molar refractivity (Wildman–Crippen MR) is 104 cm³/mol. The van der Waals surface area contributed by atoms with Gasteiger partial charge in [0, 0.05) is 32.1 Å². The molecule has 0 bridgehead atoms. The van der Waals surface area contributed by atoms with Gasteiger partial charge in [-0.2, -0.15) is 0 Å². The molecular formula is C20H21N5O. The fourth-order valence-corrected chi connectivity index (χ4v) is 2.53. The van der Waals surface area contributed by atoms with Crippen molar-refractivity contribution in [1.82, 2.24) is 15.3 Å². The van der Waals surface area contributed by atoms with Crippen LogP contribution in [0.3, 0.4) is 0 Å². The van der Waals surface area contributed by atoms with Crippen LogP contribution in [0.4, 0.5) is 16.3 Å². The average molecular weight is 347 g/mol. The molecule has 2 aromatic heterocycles. The van der Waals surface area contributed by atoms with Crippen molar-refractivity contribution in [3.63, 3.8) is 0 Å². The normalized spacial score (nSPS) is 10.2. The van der Waals surface area contributed by atoms with Gasteiger partial charge in [-0.1, -0.05) is 24.3 Å². The highest BCUT2D eigenvalue weighted by molar-refractivity contribution is 5.94. The number of nitrogens with zero attached hydrogens (tertiary/aromatic N) is 3. The van der Waals surface area contributed by atoms with E-state index in [-0.39, 0.29) is 6.03 Å². The number of benzene rings is 1. The predicted octanol–water partition coefficient (Wildman–Crippen LogP) is 3.53. The number of para-hydroxylation sites is 1. The number of aromatic nitrogens is 2. The molecule has 0 saturated carbocycles.